The van der Waals surface area contributed by atoms with Crippen LogP contribution in [0.4, 0.5) is 5.13 Å². The minimum atomic E-state index is -3.87. The SMILES string of the molecule is Cc1nnc(NS(=O)(=O)c2cc(CN)c(Cl)cc2Cl)s1. The zero-order valence-corrected chi connectivity index (χ0v) is 13.4. The first-order valence-electron chi connectivity index (χ1n) is 5.34. The number of hydrogen-bond donors (Lipinski definition) is 2. The fourth-order valence-electron chi connectivity index (χ4n) is 1.44. The van der Waals surface area contributed by atoms with Crippen LogP contribution in [-0.2, 0) is 16.6 Å². The molecule has 0 saturated carbocycles. The van der Waals surface area contributed by atoms with Crippen molar-refractivity contribution in [2.75, 3.05) is 4.72 Å². The summed E-state index contributed by atoms with van der Waals surface area (Å²) in [5.74, 6) is 0. The Morgan fingerprint density at radius 3 is 2.55 bits per heavy atom. The lowest BCUT2D eigenvalue weighted by Crippen LogP contribution is -2.14. The summed E-state index contributed by atoms with van der Waals surface area (Å²) in [4.78, 5) is -0.100. The number of halogens is 2. The van der Waals surface area contributed by atoms with Crippen molar-refractivity contribution in [3.63, 3.8) is 0 Å². The minimum absolute atomic E-state index is 0.0148. The molecule has 0 bridgehead atoms. The van der Waals surface area contributed by atoms with Crippen molar-refractivity contribution in [1.82, 2.24) is 10.2 Å². The highest BCUT2D eigenvalue weighted by molar-refractivity contribution is 7.93. The Morgan fingerprint density at radius 2 is 2.00 bits per heavy atom. The van der Waals surface area contributed by atoms with Crippen molar-refractivity contribution in [3.05, 3.63) is 32.7 Å². The number of rotatable bonds is 4. The van der Waals surface area contributed by atoms with Crippen LogP contribution in [0.25, 0.3) is 0 Å². The molecule has 10 heteroatoms. The van der Waals surface area contributed by atoms with E-state index < -0.39 is 10.0 Å². The van der Waals surface area contributed by atoms with Gasteiger partial charge in [-0.15, -0.1) is 10.2 Å². The van der Waals surface area contributed by atoms with Crippen LogP contribution in [0.3, 0.4) is 0 Å². The first kappa shape index (κ1) is 15.5. The molecule has 1 aromatic heterocycles. The smallest absolute Gasteiger partial charge is 0.265 e. The van der Waals surface area contributed by atoms with Gasteiger partial charge in [0.15, 0.2) is 0 Å². The summed E-state index contributed by atoms with van der Waals surface area (Å²) in [6, 6.07) is 2.70. The summed E-state index contributed by atoms with van der Waals surface area (Å²) < 4.78 is 26.9. The molecule has 0 amide bonds. The maximum atomic E-state index is 12.3. The van der Waals surface area contributed by atoms with E-state index >= 15 is 0 Å². The highest BCUT2D eigenvalue weighted by atomic mass is 35.5. The quantitative estimate of drug-likeness (QED) is 0.880. The average Bonchev–Trinajstić information content (AvgIpc) is 2.73. The number of hydrogen-bond acceptors (Lipinski definition) is 6. The molecular formula is C10H10Cl2N4O2S2. The second-order valence-electron chi connectivity index (χ2n) is 3.81. The number of nitrogens with zero attached hydrogens (tertiary/aromatic N) is 2. The van der Waals surface area contributed by atoms with Gasteiger partial charge in [-0.05, 0) is 24.6 Å². The van der Waals surface area contributed by atoms with Gasteiger partial charge in [-0.2, -0.15) is 0 Å². The fraction of sp³-hybridized carbons (Fsp3) is 0.200. The van der Waals surface area contributed by atoms with E-state index in [1.54, 1.807) is 6.92 Å². The van der Waals surface area contributed by atoms with E-state index in [-0.39, 0.29) is 21.6 Å². The molecule has 6 nitrogen and oxygen atoms in total. The predicted molar refractivity (Wildman–Crippen MR) is 79.8 cm³/mol. The van der Waals surface area contributed by atoms with E-state index in [9.17, 15) is 8.42 Å². The molecule has 108 valence electrons. The van der Waals surface area contributed by atoms with E-state index in [0.717, 1.165) is 11.3 Å². The molecule has 2 aromatic rings. The molecule has 20 heavy (non-hydrogen) atoms. The molecule has 3 N–H and O–H groups in total. The van der Waals surface area contributed by atoms with Crippen LogP contribution >= 0.6 is 34.5 Å². The van der Waals surface area contributed by atoms with E-state index in [0.29, 0.717) is 15.6 Å². The van der Waals surface area contributed by atoms with Crippen LogP contribution in [0.2, 0.25) is 10.0 Å². The summed E-state index contributed by atoms with van der Waals surface area (Å²) >= 11 is 13.0. The van der Waals surface area contributed by atoms with E-state index in [4.69, 9.17) is 28.9 Å². The molecule has 2 rings (SSSR count). The number of benzene rings is 1. The Labute approximate surface area is 130 Å². The van der Waals surface area contributed by atoms with Crippen LogP contribution in [0.1, 0.15) is 10.6 Å². The Balaban J connectivity index is 2.43. The normalized spacial score (nSPS) is 11.6. The number of aryl methyl sites for hydroxylation is 1. The van der Waals surface area contributed by atoms with Gasteiger partial charge in [0.05, 0.1) is 5.02 Å². The predicted octanol–water partition coefficient (Wildman–Crippen LogP) is 2.41. The zero-order valence-electron chi connectivity index (χ0n) is 10.2. The van der Waals surface area contributed by atoms with Crippen molar-refractivity contribution in [2.24, 2.45) is 5.73 Å². The largest absolute Gasteiger partial charge is 0.326 e. The molecule has 0 aliphatic rings. The maximum Gasteiger partial charge on any atom is 0.265 e. The van der Waals surface area contributed by atoms with Gasteiger partial charge in [-0.1, -0.05) is 34.5 Å². The molecule has 1 heterocycles. The van der Waals surface area contributed by atoms with Crippen LogP contribution in [0.15, 0.2) is 17.0 Å². The number of sulfonamides is 1. The molecule has 0 atom stereocenters. The molecule has 0 fully saturated rings. The van der Waals surface area contributed by atoms with Gasteiger partial charge in [-0.25, -0.2) is 8.42 Å². The zero-order chi connectivity index (χ0) is 14.9. The summed E-state index contributed by atoms with van der Waals surface area (Å²) in [7, 11) is -3.87. The highest BCUT2D eigenvalue weighted by Crippen LogP contribution is 2.30. The number of nitrogens with two attached hydrogens (primary N) is 1. The summed E-state index contributed by atoms with van der Waals surface area (Å²) in [6.45, 7) is 1.83. The van der Waals surface area contributed by atoms with Gasteiger partial charge >= 0.3 is 0 Å². The van der Waals surface area contributed by atoms with Crippen molar-refractivity contribution < 1.29 is 8.42 Å². The molecule has 0 aliphatic heterocycles. The van der Waals surface area contributed by atoms with Gasteiger partial charge in [0, 0.05) is 11.6 Å². The van der Waals surface area contributed by atoms with E-state index in [2.05, 4.69) is 14.9 Å². The second kappa shape index (κ2) is 5.82. The molecule has 0 saturated heterocycles. The molecule has 0 radical (unpaired) electrons. The fourth-order valence-corrected chi connectivity index (χ4v) is 4.14. The van der Waals surface area contributed by atoms with Crippen molar-refractivity contribution in [2.45, 2.75) is 18.4 Å². The van der Waals surface area contributed by atoms with Crippen molar-refractivity contribution >= 4 is 49.7 Å². The molecule has 0 unspecified atom stereocenters. The number of nitrogens with one attached hydrogen (secondary N) is 1. The van der Waals surface area contributed by atoms with Gasteiger partial charge < -0.3 is 5.73 Å². The first-order valence-corrected chi connectivity index (χ1v) is 8.40. The maximum absolute atomic E-state index is 12.3. The van der Waals surface area contributed by atoms with Crippen LogP contribution in [-0.4, -0.2) is 18.6 Å². The van der Waals surface area contributed by atoms with Crippen LogP contribution in [0.5, 0.6) is 0 Å². The second-order valence-corrected chi connectivity index (χ2v) is 7.46. The molecule has 1 aromatic carbocycles. The monoisotopic (exact) mass is 352 g/mol. The lowest BCUT2D eigenvalue weighted by atomic mass is 10.2. The average molecular weight is 353 g/mol. The molecule has 0 spiro atoms. The lowest BCUT2D eigenvalue weighted by molar-refractivity contribution is 0.601. The summed E-state index contributed by atoms with van der Waals surface area (Å²) in [5.41, 5.74) is 6.00. The van der Waals surface area contributed by atoms with Gasteiger partial charge in [0.25, 0.3) is 10.0 Å². The van der Waals surface area contributed by atoms with Crippen molar-refractivity contribution in [3.8, 4) is 0 Å². The summed E-state index contributed by atoms with van der Waals surface area (Å²) in [6.07, 6.45) is 0. The van der Waals surface area contributed by atoms with Crippen LogP contribution in [0, 0.1) is 6.92 Å². The van der Waals surface area contributed by atoms with Crippen molar-refractivity contribution in [1.29, 1.82) is 0 Å². The third-order valence-electron chi connectivity index (χ3n) is 2.36. The van der Waals surface area contributed by atoms with E-state index in [1.807, 2.05) is 0 Å². The summed E-state index contributed by atoms with van der Waals surface area (Å²) in [5, 5.41) is 8.59. The molecule has 0 aliphatic carbocycles. The highest BCUT2D eigenvalue weighted by Gasteiger charge is 2.21. The Hall–Kier alpha value is -0.930. The lowest BCUT2D eigenvalue weighted by Gasteiger charge is -2.09. The third kappa shape index (κ3) is 3.21. The Morgan fingerprint density at radius 1 is 1.30 bits per heavy atom. The standard InChI is InChI=1S/C10H10Cl2N4O2S2/c1-5-14-15-10(19-5)16-20(17,18)9-2-6(4-13)7(11)3-8(9)12/h2-3H,4,13H2,1H3,(H,15,16). The first-order chi connectivity index (χ1) is 9.33. The molecular weight excluding hydrogens is 343 g/mol. The van der Waals surface area contributed by atoms with Crippen LogP contribution < -0.4 is 10.5 Å². The third-order valence-corrected chi connectivity index (χ3v) is 5.40. The van der Waals surface area contributed by atoms with Gasteiger partial charge in [0.1, 0.15) is 9.90 Å². The number of aromatic nitrogens is 2. The topological polar surface area (TPSA) is 98.0 Å². The van der Waals surface area contributed by atoms with Gasteiger partial charge in [0.2, 0.25) is 5.13 Å². The minimum Gasteiger partial charge on any atom is -0.326 e. The van der Waals surface area contributed by atoms with E-state index in [1.165, 1.54) is 12.1 Å². The Bertz CT molecular complexity index is 746. The van der Waals surface area contributed by atoms with Gasteiger partial charge in [-0.3, -0.25) is 4.72 Å². The number of anilines is 1. The Kier molecular flexibility index (Phi) is 4.50.